The van der Waals surface area contributed by atoms with Crippen LogP contribution in [-0.4, -0.2) is 22.1 Å². The van der Waals surface area contributed by atoms with E-state index >= 15 is 0 Å². The molecule has 0 aliphatic heterocycles. The number of aliphatic hydroxyl groups excluding tert-OH is 2. The molecule has 0 heterocycles. The summed E-state index contributed by atoms with van der Waals surface area (Å²) in [5, 5.41) is 19.5. The highest BCUT2D eigenvalue weighted by Crippen LogP contribution is 2.20. The molecule has 1 aromatic rings. The molecule has 0 radical (unpaired) electrons. The van der Waals surface area contributed by atoms with Crippen LogP contribution in [0, 0.1) is 0 Å². The van der Waals surface area contributed by atoms with Crippen LogP contribution in [0.5, 0.6) is 0 Å². The van der Waals surface area contributed by atoms with Crippen molar-refractivity contribution in [2.45, 2.75) is 32.0 Å². The van der Waals surface area contributed by atoms with Gasteiger partial charge in [-0.25, -0.2) is 0 Å². The van der Waals surface area contributed by atoms with E-state index in [2.05, 4.69) is 19.6 Å². The Morgan fingerprint density at radius 2 is 2.07 bits per heavy atom. The summed E-state index contributed by atoms with van der Waals surface area (Å²) in [6.07, 6.45) is -0.0950. The van der Waals surface area contributed by atoms with E-state index in [0.29, 0.717) is 12.2 Å². The minimum atomic E-state index is -0.802. The Hall–Kier alpha value is -0.510. The Balaban J connectivity index is 2.76. The maximum atomic E-state index is 9.86. The highest BCUT2D eigenvalue weighted by atomic mass is 32.1. The van der Waals surface area contributed by atoms with Gasteiger partial charge in [0.25, 0.3) is 0 Å². The second kappa shape index (κ2) is 6.16. The maximum Gasteiger partial charge on any atom is 0.105 e. The number of rotatable bonds is 5. The molecule has 2 nitrogen and oxygen atoms in total. The summed E-state index contributed by atoms with van der Waals surface area (Å²) in [5.41, 5.74) is 1.95. The first-order valence-electron chi connectivity index (χ1n) is 5.24. The summed E-state index contributed by atoms with van der Waals surface area (Å²) < 4.78 is 0. The van der Waals surface area contributed by atoms with E-state index in [1.54, 1.807) is 0 Å². The van der Waals surface area contributed by atoms with Crippen LogP contribution in [-0.2, 0) is 6.42 Å². The van der Waals surface area contributed by atoms with Gasteiger partial charge in [0.1, 0.15) is 6.10 Å². The number of benzene rings is 1. The predicted octanol–water partition coefficient (Wildman–Crippen LogP) is 1.96. The number of thiol groups is 1. The number of hydrogen-bond acceptors (Lipinski definition) is 3. The van der Waals surface area contributed by atoms with E-state index in [1.165, 1.54) is 5.56 Å². The van der Waals surface area contributed by atoms with Crippen molar-refractivity contribution in [1.29, 1.82) is 0 Å². The number of hydrogen-bond donors (Lipinski definition) is 3. The Morgan fingerprint density at radius 1 is 1.33 bits per heavy atom. The molecule has 1 rings (SSSR count). The van der Waals surface area contributed by atoms with Gasteiger partial charge in [0.15, 0.2) is 0 Å². The molecule has 0 aliphatic rings. The van der Waals surface area contributed by atoms with Gasteiger partial charge in [-0.15, -0.1) is 0 Å². The quantitative estimate of drug-likeness (QED) is 0.672. The zero-order valence-electron chi connectivity index (χ0n) is 8.93. The first-order valence-corrected chi connectivity index (χ1v) is 5.88. The molecule has 0 fully saturated rings. The van der Waals surface area contributed by atoms with Gasteiger partial charge < -0.3 is 10.2 Å². The molecular weight excluding hydrogens is 208 g/mol. The molecule has 2 atom stereocenters. The zero-order valence-corrected chi connectivity index (χ0v) is 9.82. The first-order chi connectivity index (χ1) is 7.19. The molecule has 0 saturated carbocycles. The van der Waals surface area contributed by atoms with Crippen LogP contribution in [0.2, 0.25) is 0 Å². The summed E-state index contributed by atoms with van der Waals surface area (Å²) in [6.45, 7) is 2.07. The molecule has 2 unspecified atom stereocenters. The minimum absolute atomic E-state index is 0.501. The summed E-state index contributed by atoms with van der Waals surface area (Å²) in [4.78, 5) is 0. The van der Waals surface area contributed by atoms with Crippen molar-refractivity contribution in [2.24, 2.45) is 0 Å². The SMILES string of the molecule is CCc1cccc(C(O)C(O)CCS)c1. The van der Waals surface area contributed by atoms with Crippen molar-refractivity contribution in [2.75, 3.05) is 5.75 Å². The van der Waals surface area contributed by atoms with Gasteiger partial charge in [0, 0.05) is 0 Å². The second-order valence-corrected chi connectivity index (χ2v) is 4.07. The lowest BCUT2D eigenvalue weighted by molar-refractivity contribution is 0.0172. The first kappa shape index (κ1) is 12.6. The van der Waals surface area contributed by atoms with Gasteiger partial charge in [-0.2, -0.15) is 12.6 Å². The molecule has 0 bridgehead atoms. The van der Waals surface area contributed by atoms with Gasteiger partial charge in [0.2, 0.25) is 0 Å². The minimum Gasteiger partial charge on any atom is -0.390 e. The van der Waals surface area contributed by atoms with Crippen molar-refractivity contribution in [1.82, 2.24) is 0 Å². The largest absolute Gasteiger partial charge is 0.390 e. The van der Waals surface area contributed by atoms with Crippen molar-refractivity contribution < 1.29 is 10.2 Å². The number of aryl methyl sites for hydroxylation is 1. The Kier molecular flexibility index (Phi) is 5.15. The van der Waals surface area contributed by atoms with Crippen LogP contribution < -0.4 is 0 Å². The zero-order chi connectivity index (χ0) is 11.3. The predicted molar refractivity (Wildman–Crippen MR) is 65.3 cm³/mol. The third-order valence-corrected chi connectivity index (χ3v) is 2.75. The smallest absolute Gasteiger partial charge is 0.105 e. The molecule has 84 valence electrons. The van der Waals surface area contributed by atoms with E-state index in [9.17, 15) is 10.2 Å². The topological polar surface area (TPSA) is 40.5 Å². The molecule has 3 heteroatoms. The van der Waals surface area contributed by atoms with E-state index in [-0.39, 0.29) is 0 Å². The van der Waals surface area contributed by atoms with E-state index < -0.39 is 12.2 Å². The van der Waals surface area contributed by atoms with E-state index in [1.807, 2.05) is 24.3 Å². The highest BCUT2D eigenvalue weighted by molar-refractivity contribution is 7.80. The molecule has 1 aromatic carbocycles. The molecule has 0 spiro atoms. The summed E-state index contributed by atoms with van der Waals surface area (Å²) in [7, 11) is 0. The molecule has 0 amide bonds. The van der Waals surface area contributed by atoms with Gasteiger partial charge in [0.05, 0.1) is 6.10 Å². The fraction of sp³-hybridized carbons (Fsp3) is 0.500. The van der Waals surface area contributed by atoms with E-state index in [0.717, 1.165) is 12.0 Å². The van der Waals surface area contributed by atoms with Crippen LogP contribution in [0.15, 0.2) is 24.3 Å². The second-order valence-electron chi connectivity index (χ2n) is 3.62. The number of aliphatic hydroxyl groups is 2. The van der Waals surface area contributed by atoms with E-state index in [4.69, 9.17) is 0 Å². The standard InChI is InChI=1S/C12H18O2S/c1-2-9-4-3-5-10(8-9)12(14)11(13)6-7-15/h3-5,8,11-15H,2,6-7H2,1H3. The van der Waals surface area contributed by atoms with Crippen LogP contribution in [0.1, 0.15) is 30.6 Å². The normalized spacial score (nSPS) is 14.9. The van der Waals surface area contributed by atoms with Crippen LogP contribution in [0.25, 0.3) is 0 Å². The monoisotopic (exact) mass is 226 g/mol. The summed E-state index contributed by atoms with van der Waals surface area (Å²) in [5.74, 6) is 0.575. The van der Waals surface area contributed by atoms with Crippen molar-refractivity contribution >= 4 is 12.6 Å². The third-order valence-electron chi connectivity index (χ3n) is 2.49. The molecule has 0 saturated heterocycles. The van der Waals surface area contributed by atoms with Gasteiger partial charge in [-0.1, -0.05) is 31.2 Å². The van der Waals surface area contributed by atoms with Crippen molar-refractivity contribution in [3.63, 3.8) is 0 Å². The summed E-state index contributed by atoms with van der Waals surface area (Å²) in [6, 6.07) is 7.70. The van der Waals surface area contributed by atoms with Crippen LogP contribution in [0.4, 0.5) is 0 Å². The Labute approximate surface area is 96.4 Å². The average Bonchev–Trinajstić information content (AvgIpc) is 2.28. The Morgan fingerprint density at radius 3 is 2.67 bits per heavy atom. The fourth-order valence-corrected chi connectivity index (χ4v) is 1.77. The highest BCUT2D eigenvalue weighted by Gasteiger charge is 2.17. The van der Waals surface area contributed by atoms with Gasteiger partial charge >= 0.3 is 0 Å². The molecule has 0 aliphatic carbocycles. The molecular formula is C12H18O2S. The molecule has 2 N–H and O–H groups in total. The summed E-state index contributed by atoms with van der Waals surface area (Å²) >= 11 is 4.03. The van der Waals surface area contributed by atoms with Crippen LogP contribution in [0.3, 0.4) is 0 Å². The lowest BCUT2D eigenvalue weighted by Crippen LogP contribution is -2.18. The fourth-order valence-electron chi connectivity index (χ4n) is 1.51. The lowest BCUT2D eigenvalue weighted by Gasteiger charge is -2.17. The van der Waals surface area contributed by atoms with Gasteiger partial charge in [-0.05, 0) is 29.7 Å². The molecule has 0 aromatic heterocycles. The Bertz CT molecular complexity index is 301. The lowest BCUT2D eigenvalue weighted by atomic mass is 10.00. The maximum absolute atomic E-state index is 9.86. The molecule has 15 heavy (non-hydrogen) atoms. The van der Waals surface area contributed by atoms with Gasteiger partial charge in [-0.3, -0.25) is 0 Å². The van der Waals surface area contributed by atoms with Crippen molar-refractivity contribution in [3.8, 4) is 0 Å². The van der Waals surface area contributed by atoms with Crippen LogP contribution >= 0.6 is 12.6 Å². The third kappa shape index (κ3) is 3.52. The van der Waals surface area contributed by atoms with Crippen molar-refractivity contribution in [3.05, 3.63) is 35.4 Å². The average molecular weight is 226 g/mol.